The summed E-state index contributed by atoms with van der Waals surface area (Å²) in [4.78, 5) is 42.4. The maximum Gasteiger partial charge on any atom is 0.339 e. The molecule has 4 rings (SSSR count). The van der Waals surface area contributed by atoms with Crippen molar-refractivity contribution >= 4 is 34.4 Å². The minimum atomic E-state index is -0.655. The van der Waals surface area contributed by atoms with E-state index >= 15 is 0 Å². The van der Waals surface area contributed by atoms with E-state index in [-0.39, 0.29) is 16.7 Å². The van der Waals surface area contributed by atoms with Crippen LogP contribution in [0.15, 0.2) is 48.5 Å². The van der Waals surface area contributed by atoms with Crippen LogP contribution in [0.3, 0.4) is 0 Å². The van der Waals surface area contributed by atoms with Gasteiger partial charge in [-0.05, 0) is 54.4 Å². The summed E-state index contributed by atoms with van der Waals surface area (Å²) in [7, 11) is 0. The van der Waals surface area contributed by atoms with E-state index in [4.69, 9.17) is 15.5 Å². The van der Waals surface area contributed by atoms with Crippen LogP contribution in [0.4, 0.5) is 5.69 Å². The van der Waals surface area contributed by atoms with Crippen molar-refractivity contribution in [2.45, 2.75) is 46.5 Å². The van der Waals surface area contributed by atoms with Crippen molar-refractivity contribution in [3.05, 3.63) is 70.9 Å². The second-order valence-electron chi connectivity index (χ2n) is 9.75. The molecule has 0 aliphatic heterocycles. The Bertz CT molecular complexity index is 1300. The van der Waals surface area contributed by atoms with Gasteiger partial charge in [0.05, 0.1) is 22.3 Å². The zero-order valence-electron chi connectivity index (χ0n) is 20.4. The van der Waals surface area contributed by atoms with E-state index in [0.717, 1.165) is 47.8 Å². The van der Waals surface area contributed by atoms with Gasteiger partial charge in [-0.1, -0.05) is 57.5 Å². The summed E-state index contributed by atoms with van der Waals surface area (Å²) >= 11 is 0. The topological polar surface area (TPSA) is 111 Å². The minimum Gasteiger partial charge on any atom is -0.452 e. The zero-order valence-corrected chi connectivity index (χ0v) is 20.4. The van der Waals surface area contributed by atoms with Crippen LogP contribution < -0.4 is 11.1 Å². The normalized spacial score (nSPS) is 15.3. The van der Waals surface area contributed by atoms with Crippen molar-refractivity contribution < 1.29 is 19.1 Å². The standard InChI is InChI=1S/C28H31N3O4/c1-4-28(2,3)17-13-14-23-20(15-17)25(18-9-5-7-11-21(18)30-23)27(34)35-16-24(32)31-22-12-8-6-10-19(22)26(29)33/h5-12,17H,4,13-16H2,1-3H3,(H2,29,33)(H,31,32). The predicted octanol–water partition coefficient (Wildman–Crippen LogP) is 4.67. The Morgan fingerprint density at radius 1 is 1.11 bits per heavy atom. The number of fused-ring (bicyclic) bond motifs is 2. The lowest BCUT2D eigenvalue weighted by atomic mass is 9.68. The Kier molecular flexibility index (Phi) is 6.87. The van der Waals surface area contributed by atoms with Crippen LogP contribution in [-0.2, 0) is 22.4 Å². The van der Waals surface area contributed by atoms with Gasteiger partial charge in [-0.25, -0.2) is 4.79 Å². The third-order valence-electron chi connectivity index (χ3n) is 7.28. The molecule has 35 heavy (non-hydrogen) atoms. The molecule has 1 unspecified atom stereocenters. The SMILES string of the molecule is CCC(C)(C)C1CCc2nc3ccccc3c(C(=O)OCC(=O)Nc3ccccc3C(N)=O)c2C1. The maximum absolute atomic E-state index is 13.4. The number of hydrogen-bond acceptors (Lipinski definition) is 5. The van der Waals surface area contributed by atoms with Crippen molar-refractivity contribution in [1.29, 1.82) is 0 Å². The highest BCUT2D eigenvalue weighted by atomic mass is 16.5. The number of pyridine rings is 1. The molecule has 0 saturated heterocycles. The first-order valence-electron chi connectivity index (χ1n) is 12.0. The summed E-state index contributed by atoms with van der Waals surface area (Å²) in [6.07, 6.45) is 3.62. The molecule has 0 saturated carbocycles. The number of amides is 2. The number of aryl methyl sites for hydroxylation is 1. The molecular formula is C28H31N3O4. The Balaban J connectivity index is 1.60. The van der Waals surface area contributed by atoms with Crippen LogP contribution in [0.5, 0.6) is 0 Å². The highest BCUT2D eigenvalue weighted by molar-refractivity contribution is 6.07. The van der Waals surface area contributed by atoms with Gasteiger partial charge in [0.1, 0.15) is 0 Å². The smallest absolute Gasteiger partial charge is 0.339 e. The number of aromatic nitrogens is 1. The predicted molar refractivity (Wildman–Crippen MR) is 135 cm³/mol. The molecule has 0 spiro atoms. The number of nitrogens with one attached hydrogen (secondary N) is 1. The second kappa shape index (κ2) is 9.86. The first-order valence-corrected chi connectivity index (χ1v) is 12.0. The third-order valence-corrected chi connectivity index (χ3v) is 7.28. The van der Waals surface area contributed by atoms with Crippen molar-refractivity contribution in [1.82, 2.24) is 4.98 Å². The van der Waals surface area contributed by atoms with Gasteiger partial charge in [0.15, 0.2) is 6.61 Å². The molecule has 7 heteroatoms. The van der Waals surface area contributed by atoms with Gasteiger partial charge in [0.25, 0.3) is 11.8 Å². The summed E-state index contributed by atoms with van der Waals surface area (Å²) in [5.74, 6) is -1.34. The lowest BCUT2D eigenvalue weighted by molar-refractivity contribution is -0.119. The molecule has 2 aromatic carbocycles. The van der Waals surface area contributed by atoms with E-state index in [2.05, 4.69) is 26.1 Å². The van der Waals surface area contributed by atoms with Gasteiger partial charge in [-0.15, -0.1) is 0 Å². The fourth-order valence-corrected chi connectivity index (χ4v) is 4.77. The molecule has 3 aromatic rings. The van der Waals surface area contributed by atoms with E-state index in [0.29, 0.717) is 11.5 Å². The lowest BCUT2D eigenvalue weighted by Crippen LogP contribution is -2.31. The van der Waals surface area contributed by atoms with Crippen LogP contribution in [0.25, 0.3) is 10.9 Å². The first kappa shape index (κ1) is 24.4. The molecule has 7 nitrogen and oxygen atoms in total. The van der Waals surface area contributed by atoms with Gasteiger partial charge in [0.2, 0.25) is 0 Å². The van der Waals surface area contributed by atoms with Gasteiger partial charge in [-0.2, -0.15) is 0 Å². The van der Waals surface area contributed by atoms with Crippen molar-refractivity contribution in [2.75, 3.05) is 11.9 Å². The fraction of sp³-hybridized carbons (Fsp3) is 0.357. The Morgan fingerprint density at radius 3 is 2.57 bits per heavy atom. The van der Waals surface area contributed by atoms with Gasteiger partial charge in [0, 0.05) is 11.1 Å². The molecule has 182 valence electrons. The number of nitrogens with two attached hydrogens (primary N) is 1. The summed E-state index contributed by atoms with van der Waals surface area (Å²) in [6.45, 7) is 6.24. The van der Waals surface area contributed by atoms with Gasteiger partial charge < -0.3 is 15.8 Å². The van der Waals surface area contributed by atoms with Crippen molar-refractivity contribution in [3.8, 4) is 0 Å². The van der Waals surface area contributed by atoms with Crippen molar-refractivity contribution in [2.24, 2.45) is 17.1 Å². The molecular weight excluding hydrogens is 442 g/mol. The lowest BCUT2D eigenvalue weighted by Gasteiger charge is -2.37. The molecule has 1 aliphatic carbocycles. The number of hydrogen-bond donors (Lipinski definition) is 2. The highest BCUT2D eigenvalue weighted by Crippen LogP contribution is 2.41. The summed E-state index contributed by atoms with van der Waals surface area (Å²) in [6, 6.07) is 14.0. The number of primary amides is 1. The van der Waals surface area contributed by atoms with E-state index in [1.54, 1.807) is 18.2 Å². The summed E-state index contributed by atoms with van der Waals surface area (Å²) < 4.78 is 5.49. The summed E-state index contributed by atoms with van der Waals surface area (Å²) in [5, 5.41) is 3.33. The number of anilines is 1. The molecule has 0 bridgehead atoms. The van der Waals surface area contributed by atoms with Gasteiger partial charge >= 0.3 is 5.97 Å². The van der Waals surface area contributed by atoms with Crippen LogP contribution in [0.1, 0.15) is 65.6 Å². The molecule has 1 atom stereocenters. The Morgan fingerprint density at radius 2 is 1.83 bits per heavy atom. The van der Waals surface area contributed by atoms with Crippen LogP contribution in [-0.4, -0.2) is 29.4 Å². The molecule has 0 radical (unpaired) electrons. The maximum atomic E-state index is 13.4. The molecule has 2 amide bonds. The van der Waals surface area contributed by atoms with Crippen LogP contribution in [0, 0.1) is 11.3 Å². The van der Waals surface area contributed by atoms with E-state index in [1.807, 2.05) is 24.3 Å². The van der Waals surface area contributed by atoms with E-state index in [9.17, 15) is 14.4 Å². The third kappa shape index (κ3) is 5.04. The molecule has 1 heterocycles. The van der Waals surface area contributed by atoms with E-state index < -0.39 is 24.4 Å². The number of carbonyl (C=O) groups excluding carboxylic acids is 3. The average molecular weight is 474 g/mol. The largest absolute Gasteiger partial charge is 0.452 e. The first-order chi connectivity index (χ1) is 16.7. The Hall–Kier alpha value is -3.74. The second-order valence-corrected chi connectivity index (χ2v) is 9.75. The Labute approximate surface area is 205 Å². The summed E-state index contributed by atoms with van der Waals surface area (Å²) in [5.41, 5.74) is 9.06. The number of carbonyl (C=O) groups is 3. The minimum absolute atomic E-state index is 0.137. The zero-order chi connectivity index (χ0) is 25.2. The van der Waals surface area contributed by atoms with Gasteiger partial charge in [-0.3, -0.25) is 14.6 Å². The van der Waals surface area contributed by atoms with Crippen molar-refractivity contribution in [3.63, 3.8) is 0 Å². The average Bonchev–Trinajstić information content (AvgIpc) is 2.85. The molecule has 3 N–H and O–H groups in total. The van der Waals surface area contributed by atoms with Crippen LogP contribution in [0.2, 0.25) is 0 Å². The fourth-order valence-electron chi connectivity index (χ4n) is 4.77. The molecule has 0 fully saturated rings. The highest BCUT2D eigenvalue weighted by Gasteiger charge is 2.34. The quantitative estimate of drug-likeness (QED) is 0.485. The monoisotopic (exact) mass is 473 g/mol. The number of nitrogens with zero attached hydrogens (tertiary/aromatic N) is 1. The number of esters is 1. The number of para-hydroxylation sites is 2. The van der Waals surface area contributed by atoms with Crippen LogP contribution >= 0.6 is 0 Å². The number of benzene rings is 2. The number of rotatable bonds is 7. The van der Waals surface area contributed by atoms with E-state index in [1.165, 1.54) is 6.07 Å². The molecule has 1 aromatic heterocycles. The number of ether oxygens (including phenoxy) is 1. The molecule has 1 aliphatic rings.